The van der Waals surface area contributed by atoms with Crippen LogP contribution in [0.1, 0.15) is 46.0 Å². The molecule has 0 aliphatic carbocycles. The molecule has 1 amide bonds. The lowest BCUT2D eigenvalue weighted by Crippen LogP contribution is -2.48. The number of carbonyl (C=O) groups excluding carboxylic acids is 1. The number of amides is 1. The van der Waals surface area contributed by atoms with Crippen molar-refractivity contribution in [1.29, 1.82) is 0 Å². The minimum absolute atomic E-state index is 0.256. The third-order valence-corrected chi connectivity index (χ3v) is 4.96. The lowest BCUT2D eigenvalue weighted by Gasteiger charge is -2.33. The minimum atomic E-state index is 0.256. The van der Waals surface area contributed by atoms with Crippen molar-refractivity contribution in [3.63, 3.8) is 0 Å². The molecule has 2 heterocycles. The van der Waals surface area contributed by atoms with E-state index in [1.807, 2.05) is 0 Å². The fraction of sp³-hybridized carbons (Fsp3) is 0.938. The molecule has 20 heavy (non-hydrogen) atoms. The van der Waals surface area contributed by atoms with Crippen molar-refractivity contribution in [3.05, 3.63) is 0 Å². The van der Waals surface area contributed by atoms with Gasteiger partial charge in [0.15, 0.2) is 0 Å². The largest absolute Gasteiger partial charge is 0.352 e. The first-order valence-corrected chi connectivity index (χ1v) is 8.41. The van der Waals surface area contributed by atoms with Gasteiger partial charge in [0.25, 0.3) is 0 Å². The van der Waals surface area contributed by atoms with Crippen LogP contribution in [0.25, 0.3) is 0 Å². The van der Waals surface area contributed by atoms with E-state index in [1.165, 1.54) is 25.8 Å². The van der Waals surface area contributed by atoms with E-state index in [1.54, 1.807) is 0 Å². The van der Waals surface area contributed by atoms with Crippen LogP contribution in [0.3, 0.4) is 0 Å². The summed E-state index contributed by atoms with van der Waals surface area (Å²) in [6, 6.07) is 0.368. The van der Waals surface area contributed by atoms with Crippen molar-refractivity contribution >= 4 is 5.91 Å². The van der Waals surface area contributed by atoms with Crippen molar-refractivity contribution in [1.82, 2.24) is 15.5 Å². The van der Waals surface area contributed by atoms with Crippen molar-refractivity contribution in [2.24, 2.45) is 11.8 Å². The predicted octanol–water partition coefficient (Wildman–Crippen LogP) is 1.61. The van der Waals surface area contributed by atoms with E-state index in [4.69, 9.17) is 0 Å². The molecular formula is C16H31N3O. The SMILES string of the molecule is CCN1CCCC(NC(=O)CC(C)C2CCCNC2)C1. The molecule has 4 heteroatoms. The van der Waals surface area contributed by atoms with Crippen molar-refractivity contribution < 1.29 is 4.79 Å². The standard InChI is InChI=1S/C16H31N3O/c1-3-19-9-5-7-15(12-19)18-16(20)10-13(2)14-6-4-8-17-11-14/h13-15,17H,3-12H2,1-2H3,(H,18,20). The quantitative estimate of drug-likeness (QED) is 0.805. The fourth-order valence-electron chi connectivity index (χ4n) is 3.57. The second-order valence-corrected chi connectivity index (χ2v) is 6.59. The molecule has 116 valence electrons. The second kappa shape index (κ2) is 7.99. The molecule has 4 nitrogen and oxygen atoms in total. The number of likely N-dealkylation sites (N-methyl/N-ethyl adjacent to an activating group) is 1. The predicted molar refractivity (Wildman–Crippen MR) is 82.7 cm³/mol. The van der Waals surface area contributed by atoms with Gasteiger partial charge < -0.3 is 15.5 Å². The number of carbonyl (C=O) groups is 1. The Bertz CT molecular complexity index is 296. The van der Waals surface area contributed by atoms with Gasteiger partial charge in [-0.25, -0.2) is 0 Å². The van der Waals surface area contributed by atoms with Crippen LogP contribution in [0.5, 0.6) is 0 Å². The van der Waals surface area contributed by atoms with Gasteiger partial charge in [0, 0.05) is 19.0 Å². The summed E-state index contributed by atoms with van der Waals surface area (Å²) >= 11 is 0. The van der Waals surface area contributed by atoms with Gasteiger partial charge in [-0.2, -0.15) is 0 Å². The van der Waals surface area contributed by atoms with Gasteiger partial charge in [0.05, 0.1) is 0 Å². The number of piperidine rings is 2. The number of nitrogens with zero attached hydrogens (tertiary/aromatic N) is 1. The molecule has 3 atom stereocenters. The Hall–Kier alpha value is -0.610. The van der Waals surface area contributed by atoms with Gasteiger partial charge in [-0.15, -0.1) is 0 Å². The molecule has 2 aliphatic rings. The highest BCUT2D eigenvalue weighted by atomic mass is 16.1. The van der Waals surface area contributed by atoms with E-state index in [0.29, 0.717) is 24.3 Å². The van der Waals surface area contributed by atoms with E-state index in [-0.39, 0.29) is 5.91 Å². The zero-order valence-electron chi connectivity index (χ0n) is 13.2. The fourth-order valence-corrected chi connectivity index (χ4v) is 3.57. The van der Waals surface area contributed by atoms with Crippen LogP contribution in [0, 0.1) is 11.8 Å². The molecule has 0 aromatic rings. The van der Waals surface area contributed by atoms with Crippen LogP contribution in [0.15, 0.2) is 0 Å². The summed E-state index contributed by atoms with van der Waals surface area (Å²) in [4.78, 5) is 14.6. The molecule has 0 bridgehead atoms. The number of hydrogen-bond donors (Lipinski definition) is 2. The van der Waals surface area contributed by atoms with Crippen LogP contribution in [0.2, 0.25) is 0 Å². The average Bonchev–Trinajstić information content (AvgIpc) is 2.48. The highest BCUT2D eigenvalue weighted by Gasteiger charge is 2.24. The van der Waals surface area contributed by atoms with Gasteiger partial charge in [-0.3, -0.25) is 4.79 Å². The Balaban J connectivity index is 1.71. The van der Waals surface area contributed by atoms with Gasteiger partial charge in [-0.05, 0) is 63.7 Å². The van der Waals surface area contributed by atoms with E-state index in [9.17, 15) is 4.79 Å². The maximum atomic E-state index is 12.2. The van der Waals surface area contributed by atoms with Crippen LogP contribution in [0.4, 0.5) is 0 Å². The van der Waals surface area contributed by atoms with Crippen LogP contribution in [-0.2, 0) is 4.79 Å². The first kappa shape index (κ1) is 15.8. The zero-order chi connectivity index (χ0) is 14.4. The normalized spacial score (nSPS) is 29.9. The molecule has 0 aromatic heterocycles. The highest BCUT2D eigenvalue weighted by molar-refractivity contribution is 5.76. The number of nitrogens with one attached hydrogen (secondary N) is 2. The van der Waals surface area contributed by atoms with Gasteiger partial charge in [-0.1, -0.05) is 13.8 Å². The third-order valence-electron chi connectivity index (χ3n) is 4.96. The van der Waals surface area contributed by atoms with E-state index < -0.39 is 0 Å². The van der Waals surface area contributed by atoms with Crippen LogP contribution < -0.4 is 10.6 Å². The topological polar surface area (TPSA) is 44.4 Å². The van der Waals surface area contributed by atoms with Gasteiger partial charge in [0.2, 0.25) is 5.91 Å². The summed E-state index contributed by atoms with van der Waals surface area (Å²) in [5.41, 5.74) is 0. The second-order valence-electron chi connectivity index (χ2n) is 6.59. The van der Waals surface area contributed by atoms with E-state index in [0.717, 1.165) is 32.6 Å². The molecular weight excluding hydrogens is 250 g/mol. The molecule has 2 fully saturated rings. The molecule has 2 rings (SSSR count). The van der Waals surface area contributed by atoms with Crippen LogP contribution in [-0.4, -0.2) is 49.6 Å². The first-order chi connectivity index (χ1) is 9.69. The molecule has 2 N–H and O–H groups in total. The number of likely N-dealkylation sites (tertiary alicyclic amines) is 1. The lowest BCUT2D eigenvalue weighted by molar-refractivity contribution is -0.123. The molecule has 0 aromatic carbocycles. The summed E-state index contributed by atoms with van der Waals surface area (Å²) in [5.74, 6) is 1.42. The molecule has 3 unspecified atom stereocenters. The average molecular weight is 281 g/mol. The Labute approximate surface area is 123 Å². The Kier molecular flexibility index (Phi) is 6.30. The highest BCUT2D eigenvalue weighted by Crippen LogP contribution is 2.22. The maximum Gasteiger partial charge on any atom is 0.220 e. The summed E-state index contributed by atoms with van der Waals surface area (Å²) in [5, 5.41) is 6.70. The van der Waals surface area contributed by atoms with Crippen molar-refractivity contribution in [3.8, 4) is 0 Å². The molecule has 2 aliphatic heterocycles. The zero-order valence-corrected chi connectivity index (χ0v) is 13.2. The monoisotopic (exact) mass is 281 g/mol. The Morgan fingerprint density at radius 2 is 2.25 bits per heavy atom. The Morgan fingerprint density at radius 3 is 2.95 bits per heavy atom. The third kappa shape index (κ3) is 4.74. The molecule has 2 saturated heterocycles. The lowest BCUT2D eigenvalue weighted by atomic mass is 9.85. The smallest absolute Gasteiger partial charge is 0.220 e. The van der Waals surface area contributed by atoms with E-state index >= 15 is 0 Å². The van der Waals surface area contributed by atoms with Crippen molar-refractivity contribution in [2.75, 3.05) is 32.7 Å². The van der Waals surface area contributed by atoms with E-state index in [2.05, 4.69) is 29.4 Å². The molecule has 0 saturated carbocycles. The summed E-state index contributed by atoms with van der Waals surface area (Å²) in [6.45, 7) is 9.97. The van der Waals surface area contributed by atoms with Crippen molar-refractivity contribution in [2.45, 2.75) is 52.0 Å². The van der Waals surface area contributed by atoms with Gasteiger partial charge in [0.1, 0.15) is 0 Å². The summed E-state index contributed by atoms with van der Waals surface area (Å²) in [7, 11) is 0. The molecule has 0 spiro atoms. The number of hydrogen-bond acceptors (Lipinski definition) is 3. The summed E-state index contributed by atoms with van der Waals surface area (Å²) < 4.78 is 0. The van der Waals surface area contributed by atoms with Crippen LogP contribution >= 0.6 is 0 Å². The van der Waals surface area contributed by atoms with Gasteiger partial charge >= 0.3 is 0 Å². The first-order valence-electron chi connectivity index (χ1n) is 8.41. The minimum Gasteiger partial charge on any atom is -0.352 e. The Morgan fingerprint density at radius 1 is 1.40 bits per heavy atom. The summed E-state index contributed by atoms with van der Waals surface area (Å²) in [6.07, 6.45) is 5.57. The number of rotatable bonds is 5. The molecule has 0 radical (unpaired) electrons. The maximum absolute atomic E-state index is 12.2.